The molecule has 1 aromatic heterocycles. The fourth-order valence-electron chi connectivity index (χ4n) is 1.91. The Hall–Kier alpha value is -0.940. The van der Waals surface area contributed by atoms with Crippen molar-refractivity contribution in [3.8, 4) is 0 Å². The molecular formula is C13H19BrN2O2. The summed E-state index contributed by atoms with van der Waals surface area (Å²) in [6, 6.07) is 3.40. The molecule has 5 heteroatoms. The summed E-state index contributed by atoms with van der Waals surface area (Å²) in [5, 5.41) is 13.1. The third kappa shape index (κ3) is 4.07. The fourth-order valence-corrected chi connectivity index (χ4v) is 2.27. The third-order valence-electron chi connectivity index (χ3n) is 2.73. The summed E-state index contributed by atoms with van der Waals surface area (Å²) in [6.07, 6.45) is 4.07. The minimum atomic E-state index is -1.28. The molecule has 4 nitrogen and oxygen atoms in total. The van der Waals surface area contributed by atoms with Crippen LogP contribution in [0.5, 0.6) is 0 Å². The van der Waals surface area contributed by atoms with Crippen LogP contribution in [-0.2, 0) is 4.79 Å². The molecule has 0 aromatic carbocycles. The molecule has 1 aromatic rings. The molecule has 0 unspecified atom stereocenters. The topological polar surface area (TPSA) is 62.2 Å². The standard InChI is InChI=1S/C13H19BrN2O2/c1-3-6-13(18,7-4-2)12(17)16-10-5-8-15-11(14)9-10/h5,8-9,18H,3-4,6-7H2,1-2H3,(H,15,16,17). The Balaban J connectivity index is 2.78. The Labute approximate surface area is 116 Å². The number of nitrogens with one attached hydrogen (secondary N) is 1. The number of anilines is 1. The molecule has 0 atom stereocenters. The van der Waals surface area contributed by atoms with E-state index in [0.717, 1.165) is 12.8 Å². The van der Waals surface area contributed by atoms with E-state index >= 15 is 0 Å². The summed E-state index contributed by atoms with van der Waals surface area (Å²) >= 11 is 3.24. The van der Waals surface area contributed by atoms with Crippen molar-refractivity contribution < 1.29 is 9.90 Å². The quantitative estimate of drug-likeness (QED) is 0.793. The first-order valence-electron chi connectivity index (χ1n) is 6.17. The van der Waals surface area contributed by atoms with Crippen LogP contribution in [0.4, 0.5) is 5.69 Å². The number of rotatable bonds is 6. The highest BCUT2D eigenvalue weighted by atomic mass is 79.9. The molecule has 0 aliphatic carbocycles. The van der Waals surface area contributed by atoms with Gasteiger partial charge in [-0.05, 0) is 40.9 Å². The molecule has 0 aliphatic rings. The van der Waals surface area contributed by atoms with E-state index in [4.69, 9.17) is 0 Å². The van der Waals surface area contributed by atoms with Crippen LogP contribution in [0.1, 0.15) is 39.5 Å². The average molecular weight is 315 g/mol. The maximum absolute atomic E-state index is 12.1. The van der Waals surface area contributed by atoms with E-state index in [1.807, 2.05) is 13.8 Å². The van der Waals surface area contributed by atoms with Gasteiger partial charge in [0.25, 0.3) is 5.91 Å². The van der Waals surface area contributed by atoms with Crippen LogP contribution >= 0.6 is 15.9 Å². The van der Waals surface area contributed by atoms with E-state index in [1.54, 1.807) is 18.3 Å². The lowest BCUT2D eigenvalue weighted by Gasteiger charge is -2.26. The summed E-state index contributed by atoms with van der Waals surface area (Å²) in [7, 11) is 0. The first kappa shape index (κ1) is 15.1. The van der Waals surface area contributed by atoms with E-state index in [0.29, 0.717) is 23.1 Å². The number of aromatic nitrogens is 1. The average Bonchev–Trinajstić information content (AvgIpc) is 2.29. The van der Waals surface area contributed by atoms with Crippen molar-refractivity contribution in [1.82, 2.24) is 4.98 Å². The van der Waals surface area contributed by atoms with Gasteiger partial charge in [0.15, 0.2) is 0 Å². The zero-order chi connectivity index (χ0) is 13.6. The van der Waals surface area contributed by atoms with Crippen LogP contribution in [0.3, 0.4) is 0 Å². The van der Waals surface area contributed by atoms with Crippen LogP contribution in [0.25, 0.3) is 0 Å². The van der Waals surface area contributed by atoms with Gasteiger partial charge in [-0.3, -0.25) is 4.79 Å². The zero-order valence-electron chi connectivity index (χ0n) is 10.7. The molecule has 18 heavy (non-hydrogen) atoms. The van der Waals surface area contributed by atoms with Gasteiger partial charge >= 0.3 is 0 Å². The predicted molar refractivity (Wildman–Crippen MR) is 75.3 cm³/mol. The number of hydrogen-bond acceptors (Lipinski definition) is 3. The van der Waals surface area contributed by atoms with Crippen molar-refractivity contribution in [3.05, 3.63) is 22.9 Å². The van der Waals surface area contributed by atoms with Gasteiger partial charge in [0.05, 0.1) is 0 Å². The van der Waals surface area contributed by atoms with E-state index in [-0.39, 0.29) is 5.91 Å². The maximum atomic E-state index is 12.1. The molecule has 1 rings (SSSR count). The van der Waals surface area contributed by atoms with Crippen molar-refractivity contribution in [2.75, 3.05) is 5.32 Å². The molecule has 100 valence electrons. The van der Waals surface area contributed by atoms with E-state index < -0.39 is 5.60 Å². The number of carbonyl (C=O) groups excluding carboxylic acids is 1. The zero-order valence-corrected chi connectivity index (χ0v) is 12.3. The lowest BCUT2D eigenvalue weighted by atomic mass is 9.91. The monoisotopic (exact) mass is 314 g/mol. The van der Waals surface area contributed by atoms with E-state index in [2.05, 4.69) is 26.2 Å². The first-order chi connectivity index (χ1) is 8.51. The highest BCUT2D eigenvalue weighted by molar-refractivity contribution is 9.10. The lowest BCUT2D eigenvalue weighted by Crippen LogP contribution is -2.42. The van der Waals surface area contributed by atoms with Gasteiger partial charge in [0, 0.05) is 11.9 Å². The molecule has 0 fully saturated rings. The molecule has 0 bridgehead atoms. The van der Waals surface area contributed by atoms with Gasteiger partial charge in [-0.25, -0.2) is 4.98 Å². The summed E-state index contributed by atoms with van der Waals surface area (Å²) in [5.41, 5.74) is -0.647. The largest absolute Gasteiger partial charge is 0.380 e. The van der Waals surface area contributed by atoms with Crippen molar-refractivity contribution >= 4 is 27.5 Å². The lowest BCUT2D eigenvalue weighted by molar-refractivity contribution is -0.135. The van der Waals surface area contributed by atoms with Crippen molar-refractivity contribution in [2.45, 2.75) is 45.1 Å². The molecule has 2 N–H and O–H groups in total. The second-order valence-electron chi connectivity index (χ2n) is 4.35. The number of amides is 1. The second kappa shape index (κ2) is 6.85. The Kier molecular flexibility index (Phi) is 5.75. The second-order valence-corrected chi connectivity index (χ2v) is 5.17. The Morgan fingerprint density at radius 2 is 2.06 bits per heavy atom. The fraction of sp³-hybridized carbons (Fsp3) is 0.538. The molecule has 0 saturated carbocycles. The summed E-state index contributed by atoms with van der Waals surface area (Å²) in [4.78, 5) is 16.1. The summed E-state index contributed by atoms with van der Waals surface area (Å²) in [5.74, 6) is -0.343. The van der Waals surface area contributed by atoms with Crippen LogP contribution in [0, 0.1) is 0 Å². The molecule has 0 spiro atoms. The third-order valence-corrected chi connectivity index (χ3v) is 3.17. The van der Waals surface area contributed by atoms with Crippen molar-refractivity contribution in [1.29, 1.82) is 0 Å². The van der Waals surface area contributed by atoms with Gasteiger partial charge < -0.3 is 10.4 Å². The van der Waals surface area contributed by atoms with E-state index in [9.17, 15) is 9.90 Å². The van der Waals surface area contributed by atoms with Crippen molar-refractivity contribution in [3.63, 3.8) is 0 Å². The minimum absolute atomic E-state index is 0.343. The minimum Gasteiger partial charge on any atom is -0.380 e. The van der Waals surface area contributed by atoms with Gasteiger partial charge in [0.1, 0.15) is 10.2 Å². The van der Waals surface area contributed by atoms with Crippen LogP contribution in [-0.4, -0.2) is 21.6 Å². The summed E-state index contributed by atoms with van der Waals surface area (Å²) < 4.78 is 0.648. The number of carbonyl (C=O) groups is 1. The molecular weight excluding hydrogens is 296 g/mol. The molecule has 1 heterocycles. The van der Waals surface area contributed by atoms with Crippen LogP contribution < -0.4 is 5.32 Å². The van der Waals surface area contributed by atoms with Crippen LogP contribution in [0.2, 0.25) is 0 Å². The molecule has 0 aliphatic heterocycles. The summed E-state index contributed by atoms with van der Waals surface area (Å²) in [6.45, 7) is 3.91. The first-order valence-corrected chi connectivity index (χ1v) is 6.96. The molecule has 0 saturated heterocycles. The van der Waals surface area contributed by atoms with E-state index in [1.165, 1.54) is 0 Å². The Morgan fingerprint density at radius 3 is 2.56 bits per heavy atom. The van der Waals surface area contributed by atoms with Gasteiger partial charge in [-0.15, -0.1) is 0 Å². The highest BCUT2D eigenvalue weighted by Gasteiger charge is 2.33. The van der Waals surface area contributed by atoms with Gasteiger partial charge in [-0.1, -0.05) is 26.7 Å². The Bertz CT molecular complexity index is 404. The number of nitrogens with zero attached hydrogens (tertiary/aromatic N) is 1. The Morgan fingerprint density at radius 1 is 1.44 bits per heavy atom. The maximum Gasteiger partial charge on any atom is 0.256 e. The smallest absolute Gasteiger partial charge is 0.256 e. The highest BCUT2D eigenvalue weighted by Crippen LogP contribution is 2.22. The molecule has 1 amide bonds. The number of halogens is 1. The molecule has 0 radical (unpaired) electrons. The number of aliphatic hydroxyl groups is 1. The van der Waals surface area contributed by atoms with Crippen molar-refractivity contribution in [2.24, 2.45) is 0 Å². The number of hydrogen-bond donors (Lipinski definition) is 2. The van der Waals surface area contributed by atoms with Crippen LogP contribution in [0.15, 0.2) is 22.9 Å². The SMILES string of the molecule is CCCC(O)(CCC)C(=O)Nc1ccnc(Br)c1. The number of pyridine rings is 1. The predicted octanol–water partition coefficient (Wildman–Crippen LogP) is 3.11. The van der Waals surface area contributed by atoms with Gasteiger partial charge in [0.2, 0.25) is 0 Å². The van der Waals surface area contributed by atoms with Gasteiger partial charge in [-0.2, -0.15) is 0 Å². The normalized spacial score (nSPS) is 11.3.